The molecule has 7 aromatic carbocycles. The first-order chi connectivity index (χ1) is 22.8. The van der Waals surface area contributed by atoms with Crippen molar-refractivity contribution < 1.29 is 9.15 Å². The molecule has 0 fully saturated rings. The van der Waals surface area contributed by atoms with Gasteiger partial charge in [0.15, 0.2) is 0 Å². The standard InChI is InChI=1S/C43H27NO2/c1-2-13-28(14-3-1)44(37-21-12-24-40-42(37)32-17-6-10-22-38(32)45-40)29-25-26-36-41(27-29)46-39-23-11-9-20-35(39)43(36)33-18-7-4-15-30(33)31-16-5-8-19-34(31)43/h1-27H. The highest BCUT2D eigenvalue weighted by molar-refractivity contribution is 6.13. The zero-order valence-electron chi connectivity index (χ0n) is 24.9. The van der Waals surface area contributed by atoms with E-state index in [2.05, 4.69) is 150 Å². The molecule has 0 amide bonds. The van der Waals surface area contributed by atoms with Gasteiger partial charge in [-0.15, -0.1) is 0 Å². The Hall–Kier alpha value is -6.06. The minimum atomic E-state index is -0.492. The van der Waals surface area contributed by atoms with E-state index in [1.807, 2.05) is 18.2 Å². The molecule has 0 unspecified atom stereocenters. The summed E-state index contributed by atoms with van der Waals surface area (Å²) < 4.78 is 13.2. The molecule has 0 saturated heterocycles. The van der Waals surface area contributed by atoms with Gasteiger partial charge in [0.1, 0.15) is 22.7 Å². The van der Waals surface area contributed by atoms with Gasteiger partial charge in [0.05, 0.1) is 16.5 Å². The molecular weight excluding hydrogens is 562 g/mol. The van der Waals surface area contributed by atoms with Crippen LogP contribution in [0.1, 0.15) is 22.3 Å². The van der Waals surface area contributed by atoms with E-state index in [9.17, 15) is 0 Å². The van der Waals surface area contributed by atoms with E-state index in [4.69, 9.17) is 9.15 Å². The number of rotatable bonds is 3. The predicted octanol–water partition coefficient (Wildman–Crippen LogP) is 11.5. The zero-order chi connectivity index (χ0) is 30.2. The fraction of sp³-hybridized carbons (Fsp3) is 0.0233. The lowest BCUT2D eigenvalue weighted by atomic mass is 9.66. The Kier molecular flexibility index (Phi) is 5.20. The van der Waals surface area contributed by atoms with Crippen molar-refractivity contribution in [2.45, 2.75) is 5.41 Å². The Morgan fingerprint density at radius 1 is 0.435 bits per heavy atom. The Morgan fingerprint density at radius 3 is 1.87 bits per heavy atom. The van der Waals surface area contributed by atoms with E-state index in [0.29, 0.717) is 0 Å². The fourth-order valence-corrected chi connectivity index (χ4v) is 7.94. The number of anilines is 3. The average Bonchev–Trinajstić information content (AvgIpc) is 3.64. The number of benzene rings is 7. The SMILES string of the molecule is c1ccc(N(c2ccc3c(c2)Oc2ccccc2C32c3ccccc3-c3ccccc32)c2cccc3oc4ccccc4c23)cc1. The van der Waals surface area contributed by atoms with Gasteiger partial charge in [-0.2, -0.15) is 0 Å². The van der Waals surface area contributed by atoms with Crippen LogP contribution in [0.3, 0.4) is 0 Å². The van der Waals surface area contributed by atoms with Gasteiger partial charge in [-0.3, -0.25) is 0 Å². The molecule has 0 bridgehead atoms. The number of hydrogen-bond donors (Lipinski definition) is 0. The molecule has 2 aliphatic rings. The van der Waals surface area contributed by atoms with E-state index < -0.39 is 5.41 Å². The molecule has 2 heterocycles. The summed E-state index contributed by atoms with van der Waals surface area (Å²) in [5.74, 6) is 1.74. The molecule has 0 atom stereocenters. The van der Waals surface area contributed by atoms with Crippen molar-refractivity contribution in [3.63, 3.8) is 0 Å². The van der Waals surface area contributed by atoms with Crippen LogP contribution in [0, 0.1) is 0 Å². The first-order valence-electron chi connectivity index (χ1n) is 15.7. The minimum Gasteiger partial charge on any atom is -0.457 e. The highest BCUT2D eigenvalue weighted by Crippen LogP contribution is 2.62. The largest absolute Gasteiger partial charge is 0.457 e. The van der Waals surface area contributed by atoms with Crippen molar-refractivity contribution in [1.29, 1.82) is 0 Å². The van der Waals surface area contributed by atoms with Crippen molar-refractivity contribution in [1.82, 2.24) is 0 Å². The molecule has 0 radical (unpaired) electrons. The summed E-state index contributed by atoms with van der Waals surface area (Å²) in [5, 5.41) is 2.18. The van der Waals surface area contributed by atoms with Gasteiger partial charge in [0.25, 0.3) is 0 Å². The van der Waals surface area contributed by atoms with E-state index in [1.54, 1.807) is 0 Å². The van der Waals surface area contributed by atoms with Crippen LogP contribution in [0.25, 0.3) is 33.1 Å². The van der Waals surface area contributed by atoms with Gasteiger partial charge >= 0.3 is 0 Å². The van der Waals surface area contributed by atoms with Crippen LogP contribution in [0.4, 0.5) is 17.1 Å². The quantitative estimate of drug-likeness (QED) is 0.205. The van der Waals surface area contributed by atoms with Gasteiger partial charge in [-0.05, 0) is 64.7 Å². The monoisotopic (exact) mass is 589 g/mol. The maximum atomic E-state index is 6.85. The van der Waals surface area contributed by atoms with E-state index in [-0.39, 0.29) is 0 Å². The molecule has 0 N–H and O–H groups in total. The Labute approximate surface area is 266 Å². The fourth-order valence-electron chi connectivity index (χ4n) is 7.94. The summed E-state index contributed by atoms with van der Waals surface area (Å²) in [7, 11) is 0. The highest BCUT2D eigenvalue weighted by Gasteiger charge is 2.51. The summed E-state index contributed by atoms with van der Waals surface area (Å²) in [6.45, 7) is 0. The number of para-hydroxylation sites is 3. The zero-order valence-corrected chi connectivity index (χ0v) is 24.9. The maximum absolute atomic E-state index is 6.85. The smallest absolute Gasteiger partial charge is 0.137 e. The molecule has 10 rings (SSSR count). The summed E-state index contributed by atoms with van der Waals surface area (Å²) in [4.78, 5) is 2.32. The molecule has 3 nitrogen and oxygen atoms in total. The lowest BCUT2D eigenvalue weighted by Gasteiger charge is -2.40. The Morgan fingerprint density at radius 2 is 1.07 bits per heavy atom. The van der Waals surface area contributed by atoms with Gasteiger partial charge in [0, 0.05) is 34.0 Å². The summed E-state index contributed by atoms with van der Waals surface area (Å²) in [6.07, 6.45) is 0. The van der Waals surface area contributed by atoms with Gasteiger partial charge in [-0.25, -0.2) is 0 Å². The lowest BCUT2D eigenvalue weighted by Crippen LogP contribution is -2.32. The molecule has 3 heteroatoms. The summed E-state index contributed by atoms with van der Waals surface area (Å²) in [5.41, 5.74) is 11.8. The van der Waals surface area contributed by atoms with Crippen molar-refractivity contribution in [2.24, 2.45) is 0 Å². The molecule has 1 aliphatic heterocycles. The van der Waals surface area contributed by atoms with Crippen LogP contribution >= 0.6 is 0 Å². The Bertz CT molecular complexity index is 2430. The van der Waals surface area contributed by atoms with E-state index in [0.717, 1.165) is 56.1 Å². The summed E-state index contributed by atoms with van der Waals surface area (Å²) >= 11 is 0. The second kappa shape index (κ2) is 9.47. The molecule has 1 spiro atoms. The first-order valence-corrected chi connectivity index (χ1v) is 15.7. The van der Waals surface area contributed by atoms with Crippen molar-refractivity contribution in [3.05, 3.63) is 186 Å². The third-order valence-corrected chi connectivity index (χ3v) is 9.73. The second-order valence-corrected chi connectivity index (χ2v) is 12.0. The van der Waals surface area contributed by atoms with Crippen LogP contribution in [-0.2, 0) is 5.41 Å². The predicted molar refractivity (Wildman–Crippen MR) is 186 cm³/mol. The molecule has 1 aromatic heterocycles. The molecule has 46 heavy (non-hydrogen) atoms. The topological polar surface area (TPSA) is 25.6 Å². The first kappa shape index (κ1) is 25.3. The van der Waals surface area contributed by atoms with Crippen molar-refractivity contribution >= 4 is 39.0 Å². The molecule has 216 valence electrons. The van der Waals surface area contributed by atoms with E-state index in [1.165, 1.54) is 27.8 Å². The molecule has 1 aliphatic carbocycles. The third kappa shape index (κ3) is 3.32. The lowest BCUT2D eigenvalue weighted by molar-refractivity contribution is 0.436. The van der Waals surface area contributed by atoms with Crippen LogP contribution in [0.5, 0.6) is 11.5 Å². The highest BCUT2D eigenvalue weighted by atomic mass is 16.5. The number of nitrogens with zero attached hydrogens (tertiary/aromatic N) is 1. The van der Waals surface area contributed by atoms with Gasteiger partial charge in [0.2, 0.25) is 0 Å². The Balaban J connectivity index is 1.26. The maximum Gasteiger partial charge on any atom is 0.137 e. The third-order valence-electron chi connectivity index (χ3n) is 9.73. The number of hydrogen-bond acceptors (Lipinski definition) is 3. The molecule has 0 saturated carbocycles. The van der Waals surface area contributed by atoms with Crippen LogP contribution in [0.15, 0.2) is 168 Å². The van der Waals surface area contributed by atoms with Gasteiger partial charge < -0.3 is 14.1 Å². The van der Waals surface area contributed by atoms with Crippen molar-refractivity contribution in [2.75, 3.05) is 4.90 Å². The number of furan rings is 1. The van der Waals surface area contributed by atoms with Crippen LogP contribution in [-0.4, -0.2) is 0 Å². The number of fused-ring (bicyclic) bond motifs is 12. The molecule has 8 aromatic rings. The minimum absolute atomic E-state index is 0.492. The van der Waals surface area contributed by atoms with E-state index >= 15 is 0 Å². The normalized spacial score (nSPS) is 13.6. The van der Waals surface area contributed by atoms with Gasteiger partial charge in [-0.1, -0.05) is 115 Å². The van der Waals surface area contributed by atoms with Crippen LogP contribution < -0.4 is 9.64 Å². The second-order valence-electron chi connectivity index (χ2n) is 12.0. The van der Waals surface area contributed by atoms with Crippen LogP contribution in [0.2, 0.25) is 0 Å². The summed E-state index contributed by atoms with van der Waals surface area (Å²) in [6, 6.07) is 58.0. The number of ether oxygens (including phenoxy) is 1. The van der Waals surface area contributed by atoms with Crippen molar-refractivity contribution in [3.8, 4) is 22.6 Å². The average molecular weight is 590 g/mol. The molecular formula is C43H27NO2.